The first-order valence-corrected chi connectivity index (χ1v) is 8.06. The van der Waals surface area contributed by atoms with Gasteiger partial charge in [-0.2, -0.15) is 0 Å². The molecule has 0 bridgehead atoms. The summed E-state index contributed by atoms with van der Waals surface area (Å²) in [4.78, 5) is 16.8. The molecule has 120 valence electrons. The molecule has 2 N–H and O–H groups in total. The van der Waals surface area contributed by atoms with Crippen molar-refractivity contribution in [1.29, 1.82) is 0 Å². The van der Waals surface area contributed by atoms with Gasteiger partial charge < -0.3 is 15.5 Å². The molecule has 3 rings (SSSR count). The van der Waals surface area contributed by atoms with Crippen LogP contribution in [0.3, 0.4) is 0 Å². The van der Waals surface area contributed by atoms with E-state index < -0.39 is 6.04 Å². The minimum atomic E-state index is -0.568. The Hall–Kier alpha value is -2.33. The number of aryl methyl sites for hydroxylation is 1. The van der Waals surface area contributed by atoms with Crippen molar-refractivity contribution in [1.82, 2.24) is 4.90 Å². The van der Waals surface area contributed by atoms with Gasteiger partial charge in [0.25, 0.3) is 0 Å². The van der Waals surface area contributed by atoms with Crippen LogP contribution in [0.2, 0.25) is 0 Å². The number of nitrogens with two attached hydrogens (primary N) is 1. The maximum atomic E-state index is 12.6. The molecule has 1 saturated heterocycles. The van der Waals surface area contributed by atoms with Crippen molar-refractivity contribution in [3.05, 3.63) is 65.7 Å². The lowest BCUT2D eigenvalue weighted by Crippen LogP contribution is -2.51. The van der Waals surface area contributed by atoms with Crippen molar-refractivity contribution in [3.8, 4) is 0 Å². The number of carbonyl (C=O) groups excluding carboxylic acids is 1. The molecule has 1 amide bonds. The van der Waals surface area contributed by atoms with Crippen LogP contribution in [0.5, 0.6) is 0 Å². The van der Waals surface area contributed by atoms with Crippen molar-refractivity contribution < 1.29 is 4.79 Å². The second-order valence-corrected chi connectivity index (χ2v) is 5.99. The van der Waals surface area contributed by atoms with E-state index in [-0.39, 0.29) is 5.91 Å². The lowest BCUT2D eigenvalue weighted by atomic mass is 10.1. The van der Waals surface area contributed by atoms with Crippen LogP contribution in [0.1, 0.15) is 17.2 Å². The van der Waals surface area contributed by atoms with Crippen LogP contribution in [0.15, 0.2) is 54.6 Å². The van der Waals surface area contributed by atoms with E-state index >= 15 is 0 Å². The highest BCUT2D eigenvalue weighted by molar-refractivity contribution is 5.83. The molecule has 1 aliphatic rings. The van der Waals surface area contributed by atoms with Crippen molar-refractivity contribution in [2.75, 3.05) is 31.1 Å². The Morgan fingerprint density at radius 2 is 1.57 bits per heavy atom. The zero-order valence-electron chi connectivity index (χ0n) is 13.5. The van der Waals surface area contributed by atoms with Crippen LogP contribution in [0.25, 0.3) is 0 Å². The Morgan fingerprint density at radius 1 is 0.957 bits per heavy atom. The largest absolute Gasteiger partial charge is 0.368 e. The van der Waals surface area contributed by atoms with Gasteiger partial charge in [-0.3, -0.25) is 4.79 Å². The zero-order chi connectivity index (χ0) is 16.2. The number of para-hydroxylation sites is 1. The molecule has 2 aromatic carbocycles. The molecule has 2 aromatic rings. The fourth-order valence-corrected chi connectivity index (χ4v) is 3.09. The van der Waals surface area contributed by atoms with Crippen LogP contribution in [0.4, 0.5) is 5.69 Å². The third-order valence-corrected chi connectivity index (χ3v) is 4.47. The molecule has 0 aromatic heterocycles. The molecule has 0 aliphatic carbocycles. The highest BCUT2D eigenvalue weighted by atomic mass is 16.2. The van der Waals surface area contributed by atoms with Crippen molar-refractivity contribution in [2.45, 2.75) is 13.0 Å². The van der Waals surface area contributed by atoms with E-state index in [9.17, 15) is 4.79 Å². The lowest BCUT2D eigenvalue weighted by Gasteiger charge is -2.37. The molecule has 0 saturated carbocycles. The van der Waals surface area contributed by atoms with E-state index in [0.717, 1.165) is 18.7 Å². The molecule has 23 heavy (non-hydrogen) atoms. The third-order valence-electron chi connectivity index (χ3n) is 4.47. The molecule has 1 unspecified atom stereocenters. The van der Waals surface area contributed by atoms with Gasteiger partial charge in [0.2, 0.25) is 5.91 Å². The minimum absolute atomic E-state index is 0.0145. The predicted octanol–water partition coefficient (Wildman–Crippen LogP) is 2.34. The van der Waals surface area contributed by atoms with E-state index in [1.807, 2.05) is 35.2 Å². The molecule has 4 nitrogen and oxygen atoms in total. The van der Waals surface area contributed by atoms with Crippen LogP contribution >= 0.6 is 0 Å². The summed E-state index contributed by atoms with van der Waals surface area (Å²) in [5, 5.41) is 0. The van der Waals surface area contributed by atoms with E-state index in [1.54, 1.807) is 0 Å². The molecule has 1 atom stereocenters. The van der Waals surface area contributed by atoms with Crippen molar-refractivity contribution >= 4 is 11.6 Å². The summed E-state index contributed by atoms with van der Waals surface area (Å²) in [5.74, 6) is 0.0145. The van der Waals surface area contributed by atoms with Gasteiger partial charge in [0.15, 0.2) is 0 Å². The Morgan fingerprint density at radius 3 is 2.22 bits per heavy atom. The van der Waals surface area contributed by atoms with E-state index in [4.69, 9.17) is 5.73 Å². The van der Waals surface area contributed by atoms with E-state index in [0.29, 0.717) is 13.1 Å². The summed E-state index contributed by atoms with van der Waals surface area (Å²) in [6.07, 6.45) is 0. The molecular weight excluding hydrogens is 286 g/mol. The number of anilines is 1. The summed E-state index contributed by atoms with van der Waals surface area (Å²) in [5.41, 5.74) is 9.54. The normalized spacial score (nSPS) is 16.3. The molecule has 4 heteroatoms. The van der Waals surface area contributed by atoms with Gasteiger partial charge >= 0.3 is 0 Å². The van der Waals surface area contributed by atoms with Crippen LogP contribution < -0.4 is 10.6 Å². The van der Waals surface area contributed by atoms with Crippen LogP contribution in [-0.4, -0.2) is 37.0 Å². The van der Waals surface area contributed by atoms with Crippen LogP contribution in [0, 0.1) is 6.92 Å². The fraction of sp³-hybridized carbons (Fsp3) is 0.316. The summed E-state index contributed by atoms with van der Waals surface area (Å²) >= 11 is 0. The standard InChI is InChI=1S/C19H23N3O/c1-15-7-5-6-10-17(15)21-11-13-22(14-12-21)19(23)18(20)16-8-3-2-4-9-16/h2-10,18H,11-14,20H2,1H3. The van der Waals surface area contributed by atoms with Gasteiger partial charge in [-0.1, -0.05) is 48.5 Å². The van der Waals surface area contributed by atoms with Crippen molar-refractivity contribution in [2.24, 2.45) is 5.73 Å². The Balaban J connectivity index is 1.63. The summed E-state index contributed by atoms with van der Waals surface area (Å²) < 4.78 is 0. The number of hydrogen-bond acceptors (Lipinski definition) is 3. The topological polar surface area (TPSA) is 49.6 Å². The van der Waals surface area contributed by atoms with Gasteiger partial charge in [-0.15, -0.1) is 0 Å². The number of amides is 1. The molecule has 1 fully saturated rings. The Labute approximate surface area is 137 Å². The number of benzene rings is 2. The van der Waals surface area contributed by atoms with Crippen molar-refractivity contribution in [3.63, 3.8) is 0 Å². The van der Waals surface area contributed by atoms with E-state index in [1.165, 1.54) is 11.3 Å². The second-order valence-electron chi connectivity index (χ2n) is 5.99. The highest BCUT2D eigenvalue weighted by Gasteiger charge is 2.26. The number of carbonyl (C=O) groups is 1. The summed E-state index contributed by atoms with van der Waals surface area (Å²) in [6, 6.07) is 17.4. The quantitative estimate of drug-likeness (QED) is 0.947. The molecule has 0 radical (unpaired) electrons. The maximum Gasteiger partial charge on any atom is 0.244 e. The summed E-state index contributed by atoms with van der Waals surface area (Å²) in [6.45, 7) is 5.25. The maximum absolute atomic E-state index is 12.6. The smallest absolute Gasteiger partial charge is 0.244 e. The second kappa shape index (κ2) is 6.84. The first kappa shape index (κ1) is 15.6. The number of rotatable bonds is 3. The van der Waals surface area contributed by atoms with Gasteiger partial charge in [0.05, 0.1) is 0 Å². The average Bonchev–Trinajstić information content (AvgIpc) is 2.62. The number of nitrogens with zero attached hydrogens (tertiary/aromatic N) is 2. The molecule has 0 spiro atoms. The monoisotopic (exact) mass is 309 g/mol. The number of hydrogen-bond donors (Lipinski definition) is 1. The molecule has 1 aliphatic heterocycles. The lowest BCUT2D eigenvalue weighted by molar-refractivity contribution is -0.133. The Bertz CT molecular complexity index is 663. The summed E-state index contributed by atoms with van der Waals surface area (Å²) in [7, 11) is 0. The predicted molar refractivity (Wildman–Crippen MR) is 93.3 cm³/mol. The first-order chi connectivity index (χ1) is 11.2. The SMILES string of the molecule is Cc1ccccc1N1CCN(C(=O)C(N)c2ccccc2)CC1. The zero-order valence-corrected chi connectivity index (χ0v) is 13.5. The average molecular weight is 309 g/mol. The Kier molecular flexibility index (Phi) is 4.63. The van der Waals surface area contributed by atoms with Gasteiger partial charge in [-0.25, -0.2) is 0 Å². The third kappa shape index (κ3) is 3.37. The van der Waals surface area contributed by atoms with Gasteiger partial charge in [0, 0.05) is 31.9 Å². The number of piperazine rings is 1. The van der Waals surface area contributed by atoms with E-state index in [2.05, 4.69) is 36.1 Å². The first-order valence-electron chi connectivity index (χ1n) is 8.06. The van der Waals surface area contributed by atoms with Gasteiger partial charge in [0.1, 0.15) is 6.04 Å². The molecule has 1 heterocycles. The van der Waals surface area contributed by atoms with Crippen LogP contribution in [-0.2, 0) is 4.79 Å². The fourth-order valence-electron chi connectivity index (χ4n) is 3.09. The highest BCUT2D eigenvalue weighted by Crippen LogP contribution is 2.22. The minimum Gasteiger partial charge on any atom is -0.368 e. The molecular formula is C19H23N3O. The van der Waals surface area contributed by atoms with Gasteiger partial charge in [-0.05, 0) is 24.1 Å².